The van der Waals surface area contributed by atoms with Gasteiger partial charge < -0.3 is 4.57 Å². The second-order valence-electron chi connectivity index (χ2n) is 11.5. The van der Waals surface area contributed by atoms with E-state index in [0.29, 0.717) is 5.95 Å². The van der Waals surface area contributed by atoms with Gasteiger partial charge in [-0.3, -0.25) is 4.57 Å². The lowest BCUT2D eigenvalue weighted by Gasteiger charge is -2.11. The molecule has 0 N–H and O–H groups in total. The fourth-order valence-corrected chi connectivity index (χ4v) is 7.20. The van der Waals surface area contributed by atoms with Gasteiger partial charge in [0.2, 0.25) is 5.95 Å². The number of fused-ring (bicyclic) bond motifs is 11. The van der Waals surface area contributed by atoms with Gasteiger partial charge in [0.15, 0.2) is 0 Å². The van der Waals surface area contributed by atoms with E-state index in [4.69, 9.17) is 9.97 Å². The molecule has 0 saturated carbocycles. The van der Waals surface area contributed by atoms with Crippen molar-refractivity contribution in [2.75, 3.05) is 0 Å². The lowest BCUT2D eigenvalue weighted by atomic mass is 10.0. The molecular formula is C40H24N4. The molecule has 204 valence electrons. The number of hydrogen-bond donors (Lipinski definition) is 0. The van der Waals surface area contributed by atoms with Gasteiger partial charge in [-0.25, -0.2) is 9.97 Å². The SMILES string of the molecule is c1ccc2nc(-n3c4ccc(-n5c6ccccc6c6ccc7ccccc7c65)cc4c4c5ccccc5ccc43)ncc2c1. The second kappa shape index (κ2) is 8.76. The maximum Gasteiger partial charge on any atom is 0.235 e. The highest BCUT2D eigenvalue weighted by Gasteiger charge is 2.20. The summed E-state index contributed by atoms with van der Waals surface area (Å²) in [6, 6.07) is 50.0. The molecule has 0 amide bonds. The third-order valence-corrected chi connectivity index (χ3v) is 9.13. The molecule has 0 aliphatic rings. The summed E-state index contributed by atoms with van der Waals surface area (Å²) >= 11 is 0. The third-order valence-electron chi connectivity index (χ3n) is 9.13. The molecule has 44 heavy (non-hydrogen) atoms. The molecule has 0 bridgehead atoms. The normalized spacial score (nSPS) is 12.1. The predicted molar refractivity (Wildman–Crippen MR) is 183 cm³/mol. The molecule has 7 aromatic carbocycles. The first-order valence-corrected chi connectivity index (χ1v) is 14.9. The van der Waals surface area contributed by atoms with Crippen molar-refractivity contribution in [3.63, 3.8) is 0 Å². The summed E-state index contributed by atoms with van der Waals surface area (Å²) < 4.78 is 4.65. The summed E-state index contributed by atoms with van der Waals surface area (Å²) in [5.41, 5.74) is 6.67. The fourth-order valence-electron chi connectivity index (χ4n) is 7.20. The van der Waals surface area contributed by atoms with Crippen molar-refractivity contribution in [3.8, 4) is 11.6 Å². The van der Waals surface area contributed by atoms with Crippen molar-refractivity contribution in [1.29, 1.82) is 0 Å². The summed E-state index contributed by atoms with van der Waals surface area (Å²) in [5.74, 6) is 0.676. The standard InChI is InChI=1S/C40H24N4/c1-4-12-29-25(9-1)18-21-37-38(29)33-23-28(19-22-36(33)44(37)40-41-24-27-11-3-7-15-34(27)42-40)43-35-16-8-6-14-31(35)32-20-17-26-10-2-5-13-30(26)39(32)43/h1-24H. The number of benzene rings is 7. The molecule has 0 aliphatic heterocycles. The molecule has 0 radical (unpaired) electrons. The first-order valence-electron chi connectivity index (χ1n) is 14.9. The summed E-state index contributed by atoms with van der Waals surface area (Å²) in [6.45, 7) is 0. The summed E-state index contributed by atoms with van der Waals surface area (Å²) in [5, 5.41) is 10.9. The van der Waals surface area contributed by atoms with Crippen LogP contribution in [0.25, 0.3) is 87.7 Å². The van der Waals surface area contributed by atoms with Crippen molar-refractivity contribution in [2.24, 2.45) is 0 Å². The largest absolute Gasteiger partial charge is 0.309 e. The Morgan fingerprint density at radius 2 is 1.09 bits per heavy atom. The van der Waals surface area contributed by atoms with E-state index >= 15 is 0 Å². The van der Waals surface area contributed by atoms with Gasteiger partial charge in [0, 0.05) is 44.2 Å². The number of hydrogen-bond acceptors (Lipinski definition) is 2. The zero-order chi connectivity index (χ0) is 28.8. The molecule has 0 unspecified atom stereocenters. The maximum absolute atomic E-state index is 5.03. The van der Waals surface area contributed by atoms with Gasteiger partial charge in [0.25, 0.3) is 0 Å². The molecular weight excluding hydrogens is 536 g/mol. The minimum Gasteiger partial charge on any atom is -0.309 e. The van der Waals surface area contributed by atoms with Crippen LogP contribution in [-0.4, -0.2) is 19.1 Å². The molecule has 0 aliphatic carbocycles. The van der Waals surface area contributed by atoms with E-state index in [-0.39, 0.29) is 0 Å². The highest BCUT2D eigenvalue weighted by atomic mass is 15.2. The minimum absolute atomic E-state index is 0.676. The molecule has 4 nitrogen and oxygen atoms in total. The van der Waals surface area contributed by atoms with Crippen molar-refractivity contribution in [3.05, 3.63) is 146 Å². The van der Waals surface area contributed by atoms with Crippen molar-refractivity contribution in [1.82, 2.24) is 19.1 Å². The summed E-state index contributed by atoms with van der Waals surface area (Å²) in [4.78, 5) is 9.90. The van der Waals surface area contributed by atoms with Crippen LogP contribution in [0.5, 0.6) is 0 Å². The lowest BCUT2D eigenvalue weighted by Crippen LogP contribution is -2.01. The zero-order valence-electron chi connectivity index (χ0n) is 23.6. The molecule has 0 fully saturated rings. The van der Waals surface area contributed by atoms with Crippen LogP contribution in [0.2, 0.25) is 0 Å². The van der Waals surface area contributed by atoms with Crippen LogP contribution in [0.3, 0.4) is 0 Å². The second-order valence-corrected chi connectivity index (χ2v) is 11.5. The predicted octanol–water partition coefficient (Wildman–Crippen LogP) is 10.1. The molecule has 0 atom stereocenters. The number of para-hydroxylation sites is 2. The Balaban J connectivity index is 1.36. The van der Waals surface area contributed by atoms with Crippen LogP contribution >= 0.6 is 0 Å². The molecule has 10 aromatic rings. The van der Waals surface area contributed by atoms with Crippen LogP contribution in [0, 0.1) is 0 Å². The first-order chi connectivity index (χ1) is 21.8. The van der Waals surface area contributed by atoms with Gasteiger partial charge in [-0.2, -0.15) is 0 Å². The summed E-state index contributed by atoms with van der Waals surface area (Å²) in [6.07, 6.45) is 1.92. The Bertz CT molecular complexity index is 2780. The van der Waals surface area contributed by atoms with Gasteiger partial charge in [0.1, 0.15) is 0 Å². The molecule has 10 rings (SSSR count). The van der Waals surface area contributed by atoms with E-state index < -0.39 is 0 Å². The lowest BCUT2D eigenvalue weighted by molar-refractivity contribution is 1.01. The Hall–Kier alpha value is -6.00. The Kier molecular flexibility index (Phi) is 4.69. The van der Waals surface area contributed by atoms with E-state index in [2.05, 4.69) is 137 Å². The maximum atomic E-state index is 5.03. The number of aromatic nitrogens is 4. The van der Waals surface area contributed by atoms with Crippen molar-refractivity contribution in [2.45, 2.75) is 0 Å². The van der Waals surface area contributed by atoms with E-state index in [9.17, 15) is 0 Å². The minimum atomic E-state index is 0.676. The molecule has 3 aromatic heterocycles. The van der Waals surface area contributed by atoms with Crippen LogP contribution in [0.15, 0.2) is 146 Å². The Morgan fingerprint density at radius 3 is 1.98 bits per heavy atom. The molecule has 0 saturated heterocycles. The Labute approximate surface area is 252 Å². The fraction of sp³-hybridized carbons (Fsp3) is 0. The quantitative estimate of drug-likeness (QED) is 0.211. The first kappa shape index (κ1) is 23.6. The average molecular weight is 561 g/mol. The summed E-state index contributed by atoms with van der Waals surface area (Å²) in [7, 11) is 0. The number of nitrogens with zero attached hydrogens (tertiary/aromatic N) is 4. The van der Waals surface area contributed by atoms with Crippen LogP contribution in [0.4, 0.5) is 0 Å². The van der Waals surface area contributed by atoms with Crippen LogP contribution in [0.1, 0.15) is 0 Å². The van der Waals surface area contributed by atoms with Gasteiger partial charge in [0.05, 0.1) is 27.6 Å². The monoisotopic (exact) mass is 560 g/mol. The van der Waals surface area contributed by atoms with Crippen molar-refractivity contribution >= 4 is 76.1 Å². The van der Waals surface area contributed by atoms with E-state index in [1.807, 2.05) is 18.3 Å². The van der Waals surface area contributed by atoms with Gasteiger partial charge in [-0.15, -0.1) is 0 Å². The third kappa shape index (κ3) is 3.17. The molecule has 3 heterocycles. The molecule has 0 spiro atoms. The van der Waals surface area contributed by atoms with Crippen LogP contribution < -0.4 is 0 Å². The van der Waals surface area contributed by atoms with E-state index in [1.54, 1.807) is 0 Å². The van der Waals surface area contributed by atoms with E-state index in [0.717, 1.165) is 27.6 Å². The highest BCUT2D eigenvalue weighted by molar-refractivity contribution is 6.22. The highest BCUT2D eigenvalue weighted by Crippen LogP contribution is 2.40. The van der Waals surface area contributed by atoms with Gasteiger partial charge >= 0.3 is 0 Å². The van der Waals surface area contributed by atoms with Gasteiger partial charge in [-0.05, 0) is 52.6 Å². The number of rotatable bonds is 2. The average Bonchev–Trinajstić information content (AvgIpc) is 3.61. The van der Waals surface area contributed by atoms with E-state index in [1.165, 1.54) is 54.1 Å². The molecule has 4 heteroatoms. The topological polar surface area (TPSA) is 35.6 Å². The van der Waals surface area contributed by atoms with Crippen molar-refractivity contribution < 1.29 is 0 Å². The van der Waals surface area contributed by atoms with Crippen LogP contribution in [-0.2, 0) is 0 Å². The smallest absolute Gasteiger partial charge is 0.235 e. The zero-order valence-corrected chi connectivity index (χ0v) is 23.6. The van der Waals surface area contributed by atoms with Gasteiger partial charge in [-0.1, -0.05) is 103 Å². The Morgan fingerprint density at radius 1 is 0.432 bits per heavy atom.